The van der Waals surface area contributed by atoms with E-state index in [1.165, 1.54) is 22.6 Å². The first kappa shape index (κ1) is 12.3. The molecule has 0 aliphatic heterocycles. The van der Waals surface area contributed by atoms with Gasteiger partial charge in [0.1, 0.15) is 12.3 Å². The molecule has 3 rings (SSSR count). The van der Waals surface area contributed by atoms with Gasteiger partial charge in [-0.2, -0.15) is 0 Å². The number of para-hydroxylation sites is 1. The van der Waals surface area contributed by atoms with Gasteiger partial charge in [0.05, 0.1) is 5.69 Å². The minimum absolute atomic E-state index is 0.0432. The number of benzene rings is 1. The summed E-state index contributed by atoms with van der Waals surface area (Å²) in [5.74, 6) is -0.299. The molecule has 0 bridgehead atoms. The highest BCUT2D eigenvalue weighted by Crippen LogP contribution is 2.16. The van der Waals surface area contributed by atoms with E-state index in [0.717, 1.165) is 0 Å². The second-order valence-electron chi connectivity index (χ2n) is 4.23. The summed E-state index contributed by atoms with van der Waals surface area (Å²) < 4.78 is 20.2. The van der Waals surface area contributed by atoms with Crippen LogP contribution < -0.4 is 10.3 Å². The molecule has 0 spiro atoms. The predicted octanol–water partition coefficient (Wildman–Crippen LogP) is 2.41. The second-order valence-corrected chi connectivity index (χ2v) is 4.23. The molecule has 2 heterocycles. The van der Waals surface area contributed by atoms with Crippen molar-refractivity contribution in [1.82, 2.24) is 9.38 Å². The van der Waals surface area contributed by atoms with Crippen molar-refractivity contribution in [3.05, 3.63) is 76.6 Å². The number of nitrogens with zero attached hydrogens (tertiary/aromatic N) is 2. The first-order valence-corrected chi connectivity index (χ1v) is 6.09. The van der Waals surface area contributed by atoms with Crippen molar-refractivity contribution in [2.75, 3.05) is 0 Å². The van der Waals surface area contributed by atoms with E-state index in [4.69, 9.17) is 4.74 Å². The number of fused-ring (bicyclic) bond motifs is 1. The van der Waals surface area contributed by atoms with Crippen molar-refractivity contribution in [3.8, 4) is 5.75 Å². The fraction of sp³-hybridized carbons (Fsp3) is 0.0667. The number of aromatic nitrogens is 2. The van der Waals surface area contributed by atoms with Gasteiger partial charge in [0.25, 0.3) is 5.56 Å². The molecular formula is C15H11FN2O2. The topological polar surface area (TPSA) is 43.6 Å². The summed E-state index contributed by atoms with van der Waals surface area (Å²) in [5.41, 5.74) is 0.805. The molecule has 0 aliphatic rings. The highest BCUT2D eigenvalue weighted by molar-refractivity contribution is 5.38. The van der Waals surface area contributed by atoms with Gasteiger partial charge in [0.15, 0.2) is 11.6 Å². The number of hydrogen-bond donors (Lipinski definition) is 0. The first-order chi connectivity index (χ1) is 9.74. The third kappa shape index (κ3) is 2.38. The molecule has 0 aliphatic carbocycles. The van der Waals surface area contributed by atoms with E-state index >= 15 is 0 Å². The summed E-state index contributed by atoms with van der Waals surface area (Å²) in [6.07, 6.45) is 1.65. The van der Waals surface area contributed by atoms with Crippen molar-refractivity contribution in [1.29, 1.82) is 0 Å². The average Bonchev–Trinajstić information content (AvgIpc) is 2.46. The largest absolute Gasteiger partial charge is 0.484 e. The molecule has 0 saturated carbocycles. The lowest BCUT2D eigenvalue weighted by atomic mass is 10.3. The zero-order valence-electron chi connectivity index (χ0n) is 10.5. The Hall–Kier alpha value is -2.69. The van der Waals surface area contributed by atoms with Gasteiger partial charge in [-0.3, -0.25) is 9.20 Å². The van der Waals surface area contributed by atoms with E-state index < -0.39 is 5.82 Å². The Bertz CT molecular complexity index is 814. The fourth-order valence-electron chi connectivity index (χ4n) is 1.89. The van der Waals surface area contributed by atoms with Gasteiger partial charge >= 0.3 is 0 Å². The lowest BCUT2D eigenvalue weighted by Crippen LogP contribution is -2.16. The van der Waals surface area contributed by atoms with Gasteiger partial charge in [-0.15, -0.1) is 0 Å². The van der Waals surface area contributed by atoms with E-state index in [9.17, 15) is 9.18 Å². The van der Waals surface area contributed by atoms with Crippen LogP contribution in [0.2, 0.25) is 0 Å². The smallest absolute Gasteiger partial charge is 0.258 e. The Labute approximate surface area is 114 Å². The first-order valence-electron chi connectivity index (χ1n) is 6.09. The van der Waals surface area contributed by atoms with Gasteiger partial charge in [0.2, 0.25) is 0 Å². The molecule has 0 unspecified atom stereocenters. The zero-order valence-corrected chi connectivity index (χ0v) is 10.5. The quantitative estimate of drug-likeness (QED) is 0.734. The lowest BCUT2D eigenvalue weighted by molar-refractivity contribution is 0.286. The minimum Gasteiger partial charge on any atom is -0.484 e. The number of halogens is 1. The van der Waals surface area contributed by atoms with Crippen molar-refractivity contribution in [3.63, 3.8) is 0 Å². The number of rotatable bonds is 3. The molecule has 0 radical (unpaired) electrons. The maximum absolute atomic E-state index is 13.4. The third-order valence-corrected chi connectivity index (χ3v) is 2.84. The molecule has 3 aromatic rings. The Kier molecular flexibility index (Phi) is 3.16. The lowest BCUT2D eigenvalue weighted by Gasteiger charge is -2.07. The average molecular weight is 270 g/mol. The van der Waals surface area contributed by atoms with E-state index in [1.54, 1.807) is 36.5 Å². The van der Waals surface area contributed by atoms with E-state index in [2.05, 4.69) is 4.98 Å². The van der Waals surface area contributed by atoms with Crippen molar-refractivity contribution < 1.29 is 9.13 Å². The molecular weight excluding hydrogens is 259 g/mol. The van der Waals surface area contributed by atoms with Crippen LogP contribution in [0, 0.1) is 5.82 Å². The normalized spacial score (nSPS) is 10.7. The summed E-state index contributed by atoms with van der Waals surface area (Å²) >= 11 is 0. The molecule has 1 aromatic carbocycles. The van der Waals surface area contributed by atoms with Crippen LogP contribution in [0.5, 0.6) is 5.75 Å². The second kappa shape index (κ2) is 5.13. The molecule has 20 heavy (non-hydrogen) atoms. The molecule has 4 nitrogen and oxygen atoms in total. The SMILES string of the molecule is O=c1cc(COc2ccccc2F)nc2ccccn12. The molecule has 5 heteroatoms. The number of hydrogen-bond acceptors (Lipinski definition) is 3. The molecule has 0 saturated heterocycles. The van der Waals surface area contributed by atoms with Crippen LogP contribution in [-0.2, 0) is 6.61 Å². The maximum atomic E-state index is 13.4. The minimum atomic E-state index is -0.440. The number of ether oxygens (including phenoxy) is 1. The van der Waals surface area contributed by atoms with Gasteiger partial charge in [0, 0.05) is 12.3 Å². The molecule has 0 atom stereocenters. The summed E-state index contributed by atoms with van der Waals surface area (Å²) in [4.78, 5) is 16.2. The van der Waals surface area contributed by atoms with Crippen LogP contribution >= 0.6 is 0 Å². The summed E-state index contributed by atoms with van der Waals surface area (Å²) in [5, 5.41) is 0. The molecule has 0 fully saturated rings. The van der Waals surface area contributed by atoms with Crippen LogP contribution in [0.15, 0.2) is 59.5 Å². The molecule has 100 valence electrons. The Morgan fingerprint density at radius 1 is 1.15 bits per heavy atom. The summed E-state index contributed by atoms with van der Waals surface area (Å²) in [6, 6.07) is 12.8. The monoisotopic (exact) mass is 270 g/mol. The van der Waals surface area contributed by atoms with Gasteiger partial charge in [-0.05, 0) is 24.3 Å². The van der Waals surface area contributed by atoms with Crippen molar-refractivity contribution in [2.45, 2.75) is 6.61 Å². The number of pyridine rings is 1. The molecule has 2 aromatic heterocycles. The van der Waals surface area contributed by atoms with E-state index in [0.29, 0.717) is 11.3 Å². The highest BCUT2D eigenvalue weighted by atomic mass is 19.1. The Balaban J connectivity index is 1.88. The molecule has 0 amide bonds. The van der Waals surface area contributed by atoms with E-state index in [-0.39, 0.29) is 17.9 Å². The van der Waals surface area contributed by atoms with Crippen LogP contribution in [0.1, 0.15) is 5.69 Å². The molecule has 0 N–H and O–H groups in total. The van der Waals surface area contributed by atoms with Crippen molar-refractivity contribution in [2.24, 2.45) is 0 Å². The maximum Gasteiger partial charge on any atom is 0.258 e. The standard InChI is InChI=1S/C15H11FN2O2/c16-12-5-1-2-6-13(12)20-10-11-9-15(19)18-8-4-3-7-14(18)17-11/h1-9H,10H2. The Morgan fingerprint density at radius 3 is 2.80 bits per heavy atom. The summed E-state index contributed by atoms with van der Waals surface area (Å²) in [6.45, 7) is 0.0432. The fourth-order valence-corrected chi connectivity index (χ4v) is 1.89. The van der Waals surface area contributed by atoms with Gasteiger partial charge in [-0.25, -0.2) is 9.37 Å². The van der Waals surface area contributed by atoms with Crippen molar-refractivity contribution >= 4 is 5.65 Å². The van der Waals surface area contributed by atoms with Gasteiger partial charge in [-0.1, -0.05) is 18.2 Å². The third-order valence-electron chi connectivity index (χ3n) is 2.84. The summed E-state index contributed by atoms with van der Waals surface area (Å²) in [7, 11) is 0. The van der Waals surface area contributed by atoms with Gasteiger partial charge < -0.3 is 4.74 Å². The van der Waals surface area contributed by atoms with Crippen LogP contribution in [0.25, 0.3) is 5.65 Å². The Morgan fingerprint density at radius 2 is 1.95 bits per heavy atom. The zero-order chi connectivity index (χ0) is 13.9. The highest BCUT2D eigenvalue weighted by Gasteiger charge is 2.05. The van der Waals surface area contributed by atoms with Crippen LogP contribution in [0.3, 0.4) is 0 Å². The van der Waals surface area contributed by atoms with Crippen LogP contribution in [-0.4, -0.2) is 9.38 Å². The predicted molar refractivity (Wildman–Crippen MR) is 72.2 cm³/mol. The van der Waals surface area contributed by atoms with Crippen LogP contribution in [0.4, 0.5) is 4.39 Å². The van der Waals surface area contributed by atoms with E-state index in [1.807, 2.05) is 0 Å².